The van der Waals surface area contributed by atoms with Gasteiger partial charge in [0.25, 0.3) is 0 Å². The highest BCUT2D eigenvalue weighted by Gasteiger charge is 2.31. The van der Waals surface area contributed by atoms with Gasteiger partial charge in [-0.05, 0) is 29.5 Å². The molecule has 2 aromatic rings. The van der Waals surface area contributed by atoms with Gasteiger partial charge in [-0.2, -0.15) is 4.72 Å². The van der Waals surface area contributed by atoms with Crippen LogP contribution in [0.3, 0.4) is 0 Å². The van der Waals surface area contributed by atoms with E-state index in [1.54, 1.807) is 24.3 Å². The van der Waals surface area contributed by atoms with Crippen molar-refractivity contribution >= 4 is 19.9 Å². The van der Waals surface area contributed by atoms with Gasteiger partial charge in [0.15, 0.2) is 0 Å². The second-order valence-electron chi connectivity index (χ2n) is 6.89. The van der Waals surface area contributed by atoms with Crippen LogP contribution in [0.5, 0.6) is 0 Å². The lowest BCUT2D eigenvalue weighted by Crippen LogP contribution is -2.32. The number of nitrogens with one attached hydrogen (secondary N) is 1. The minimum atomic E-state index is -3.86. The lowest BCUT2D eigenvalue weighted by atomic mass is 10.0. The molecule has 8 nitrogen and oxygen atoms in total. The van der Waals surface area contributed by atoms with Gasteiger partial charge in [-0.1, -0.05) is 51.3 Å². The molecular weight excluding hydrogens is 390 g/mol. The van der Waals surface area contributed by atoms with Gasteiger partial charge in [-0.15, -0.1) is 5.10 Å². The summed E-state index contributed by atoms with van der Waals surface area (Å²) >= 11 is 0. The van der Waals surface area contributed by atoms with Gasteiger partial charge in [0.1, 0.15) is 6.04 Å². The van der Waals surface area contributed by atoms with E-state index in [9.17, 15) is 16.8 Å². The molecule has 2 atom stereocenters. The van der Waals surface area contributed by atoms with Crippen LogP contribution in [0.2, 0.25) is 0 Å². The van der Waals surface area contributed by atoms with Crippen molar-refractivity contribution in [3.05, 3.63) is 35.7 Å². The first kappa shape index (κ1) is 21.5. The van der Waals surface area contributed by atoms with Gasteiger partial charge < -0.3 is 4.42 Å². The summed E-state index contributed by atoms with van der Waals surface area (Å²) in [5, 5.41) is 6.73. The van der Waals surface area contributed by atoms with Crippen LogP contribution in [0.25, 0.3) is 0 Å². The second-order valence-corrected chi connectivity index (χ2v) is 10.5. The number of sulfone groups is 1. The molecule has 2 rings (SSSR count). The molecule has 0 spiro atoms. The third kappa shape index (κ3) is 5.14. The van der Waals surface area contributed by atoms with E-state index >= 15 is 0 Å². The summed E-state index contributed by atoms with van der Waals surface area (Å²) in [7, 11) is -7.53. The maximum absolute atomic E-state index is 12.8. The Balaban J connectivity index is 2.36. The molecule has 1 N–H and O–H groups in total. The zero-order valence-corrected chi connectivity index (χ0v) is 17.6. The fourth-order valence-electron chi connectivity index (χ4n) is 2.41. The Morgan fingerprint density at radius 1 is 1.04 bits per heavy atom. The molecule has 0 saturated carbocycles. The minimum absolute atomic E-state index is 0.0767. The predicted octanol–water partition coefficient (Wildman–Crippen LogP) is 2.66. The molecule has 150 valence electrons. The first-order valence-electron chi connectivity index (χ1n) is 8.61. The Hall–Kier alpha value is -1.78. The average molecular weight is 416 g/mol. The van der Waals surface area contributed by atoms with E-state index in [0.29, 0.717) is 6.42 Å². The number of sulfonamides is 1. The van der Waals surface area contributed by atoms with Crippen molar-refractivity contribution in [2.75, 3.05) is 6.26 Å². The smallest absolute Gasteiger partial charge is 0.335 e. The first-order valence-corrected chi connectivity index (χ1v) is 12.0. The van der Waals surface area contributed by atoms with E-state index in [1.807, 2.05) is 27.7 Å². The Labute approximate surface area is 160 Å². The summed E-state index contributed by atoms with van der Waals surface area (Å²) in [6.45, 7) is 7.75. The normalized spacial score (nSPS) is 15.0. The lowest BCUT2D eigenvalue weighted by Gasteiger charge is -2.21. The van der Waals surface area contributed by atoms with Gasteiger partial charge in [0, 0.05) is 6.26 Å². The summed E-state index contributed by atoms with van der Waals surface area (Å²) in [5.74, 6) is 0.0186. The monoisotopic (exact) mass is 415 g/mol. The molecule has 0 radical (unpaired) electrons. The third-order valence-electron chi connectivity index (χ3n) is 4.36. The maximum Gasteiger partial charge on any atom is 0.335 e. The molecule has 0 fully saturated rings. The van der Waals surface area contributed by atoms with E-state index in [2.05, 4.69) is 14.9 Å². The Morgan fingerprint density at radius 2 is 1.63 bits per heavy atom. The van der Waals surface area contributed by atoms with Gasteiger partial charge in [-0.3, -0.25) is 0 Å². The number of rotatable bonds is 8. The lowest BCUT2D eigenvalue weighted by molar-refractivity contribution is 0.312. The zero-order chi connectivity index (χ0) is 20.4. The maximum atomic E-state index is 12.8. The Morgan fingerprint density at radius 3 is 2.07 bits per heavy atom. The van der Waals surface area contributed by atoms with Crippen molar-refractivity contribution in [2.45, 2.75) is 56.2 Å². The van der Waals surface area contributed by atoms with E-state index in [4.69, 9.17) is 4.42 Å². The number of benzene rings is 1. The van der Waals surface area contributed by atoms with Crippen molar-refractivity contribution in [3.63, 3.8) is 0 Å². The highest BCUT2D eigenvalue weighted by Crippen LogP contribution is 2.27. The fourth-order valence-corrected chi connectivity index (χ4v) is 4.13. The van der Waals surface area contributed by atoms with Crippen LogP contribution in [0.4, 0.5) is 0 Å². The van der Waals surface area contributed by atoms with Crippen LogP contribution in [-0.2, 0) is 19.9 Å². The molecule has 0 aliphatic heterocycles. The van der Waals surface area contributed by atoms with Crippen molar-refractivity contribution in [1.29, 1.82) is 0 Å². The molecule has 0 saturated heterocycles. The van der Waals surface area contributed by atoms with Gasteiger partial charge in [0.2, 0.25) is 25.8 Å². The zero-order valence-electron chi connectivity index (χ0n) is 16.0. The van der Waals surface area contributed by atoms with Crippen LogP contribution in [0, 0.1) is 5.92 Å². The van der Waals surface area contributed by atoms with Crippen molar-refractivity contribution < 1.29 is 21.3 Å². The highest BCUT2D eigenvalue weighted by atomic mass is 32.2. The number of aromatic nitrogens is 2. The molecular formula is C17H25N3O5S2. The molecule has 1 heterocycles. The molecule has 10 heteroatoms. The number of nitrogens with zero attached hydrogens (tertiary/aromatic N) is 2. The second kappa shape index (κ2) is 8.07. The van der Waals surface area contributed by atoms with Gasteiger partial charge >= 0.3 is 5.22 Å². The van der Waals surface area contributed by atoms with E-state index in [0.717, 1.165) is 11.8 Å². The molecule has 0 aliphatic rings. The van der Waals surface area contributed by atoms with Crippen LogP contribution in [-0.4, -0.2) is 33.3 Å². The Bertz CT molecular complexity index is 980. The van der Waals surface area contributed by atoms with Crippen molar-refractivity contribution in [1.82, 2.24) is 14.9 Å². The van der Waals surface area contributed by atoms with Crippen LogP contribution in [0.15, 0.2) is 38.8 Å². The number of hydrogen-bond acceptors (Lipinski definition) is 7. The van der Waals surface area contributed by atoms with E-state index < -0.39 is 31.1 Å². The summed E-state index contributed by atoms with van der Waals surface area (Å²) in [6, 6.07) is 5.79. The van der Waals surface area contributed by atoms with Crippen LogP contribution >= 0.6 is 0 Å². The Kier molecular flexibility index (Phi) is 6.43. The van der Waals surface area contributed by atoms with E-state index in [-0.39, 0.29) is 22.6 Å². The molecule has 0 bridgehead atoms. The SMILES string of the molecule is CC[C@@H](C)[C@H](NS(=O)(=O)c1ccc(C(C)C)cc1)c1nnc(S(C)(=O)=O)o1. The molecule has 0 amide bonds. The first-order chi connectivity index (χ1) is 12.5. The van der Waals surface area contributed by atoms with Crippen molar-refractivity contribution in [2.24, 2.45) is 5.92 Å². The summed E-state index contributed by atoms with van der Waals surface area (Å²) < 4.78 is 56.5. The summed E-state index contributed by atoms with van der Waals surface area (Å²) in [4.78, 5) is 0.114. The number of hydrogen-bond donors (Lipinski definition) is 1. The molecule has 0 aliphatic carbocycles. The quantitative estimate of drug-likeness (QED) is 0.704. The predicted molar refractivity (Wildman–Crippen MR) is 100 cm³/mol. The summed E-state index contributed by atoms with van der Waals surface area (Å²) in [5.41, 5.74) is 1.03. The van der Waals surface area contributed by atoms with Gasteiger partial charge in [-0.25, -0.2) is 16.8 Å². The summed E-state index contributed by atoms with van der Waals surface area (Å²) in [6.07, 6.45) is 1.57. The van der Waals surface area contributed by atoms with Crippen LogP contribution in [0.1, 0.15) is 57.5 Å². The van der Waals surface area contributed by atoms with Crippen LogP contribution < -0.4 is 4.72 Å². The molecule has 1 aromatic heterocycles. The fraction of sp³-hybridized carbons (Fsp3) is 0.529. The molecule has 27 heavy (non-hydrogen) atoms. The molecule has 0 unspecified atom stereocenters. The topological polar surface area (TPSA) is 119 Å². The minimum Gasteiger partial charge on any atom is -0.411 e. The standard InChI is InChI=1S/C17H25N3O5S2/c1-6-12(4)15(16-18-19-17(25-16)26(5,21)22)20-27(23,24)14-9-7-13(8-10-14)11(2)3/h7-12,15,20H,6H2,1-5H3/t12-,15+/m1/s1. The third-order valence-corrected chi connectivity index (χ3v) is 6.61. The van der Waals surface area contributed by atoms with Gasteiger partial charge in [0.05, 0.1) is 4.90 Å². The average Bonchev–Trinajstić information content (AvgIpc) is 3.09. The molecule has 1 aromatic carbocycles. The van der Waals surface area contributed by atoms with E-state index in [1.165, 1.54) is 0 Å². The van der Waals surface area contributed by atoms with Crippen molar-refractivity contribution in [3.8, 4) is 0 Å². The largest absolute Gasteiger partial charge is 0.411 e. The highest BCUT2D eigenvalue weighted by molar-refractivity contribution is 7.90.